The Morgan fingerprint density at radius 1 is 0.679 bits per heavy atom. The SMILES string of the molecule is COc1cc2c(c3c1OCO3)-c1c(cc(OC)c3c1OCO3)CC(C)C(C)C2. The lowest BCUT2D eigenvalue weighted by Crippen LogP contribution is -2.17. The molecule has 2 aliphatic heterocycles. The number of hydrogen-bond acceptors (Lipinski definition) is 6. The summed E-state index contributed by atoms with van der Waals surface area (Å²) in [7, 11) is 3.32. The Morgan fingerprint density at radius 2 is 1.07 bits per heavy atom. The van der Waals surface area contributed by atoms with Gasteiger partial charge in [-0.2, -0.15) is 0 Å². The molecule has 6 nitrogen and oxygen atoms in total. The van der Waals surface area contributed by atoms with Gasteiger partial charge in [-0.1, -0.05) is 13.8 Å². The van der Waals surface area contributed by atoms with Gasteiger partial charge in [0.15, 0.2) is 23.0 Å². The molecule has 0 spiro atoms. The fraction of sp³-hybridized carbons (Fsp3) is 0.455. The van der Waals surface area contributed by atoms with Crippen LogP contribution in [0, 0.1) is 11.8 Å². The van der Waals surface area contributed by atoms with Crippen molar-refractivity contribution in [3.63, 3.8) is 0 Å². The van der Waals surface area contributed by atoms with E-state index in [1.54, 1.807) is 14.2 Å². The monoisotopic (exact) mass is 384 g/mol. The van der Waals surface area contributed by atoms with Crippen molar-refractivity contribution in [2.75, 3.05) is 27.8 Å². The average molecular weight is 384 g/mol. The summed E-state index contributed by atoms with van der Waals surface area (Å²) in [5.41, 5.74) is 4.38. The molecule has 6 heteroatoms. The van der Waals surface area contributed by atoms with Crippen LogP contribution < -0.4 is 28.4 Å². The van der Waals surface area contributed by atoms with Gasteiger partial charge in [-0.25, -0.2) is 0 Å². The Hall–Kier alpha value is -2.76. The first-order chi connectivity index (χ1) is 13.6. The lowest BCUT2D eigenvalue weighted by molar-refractivity contribution is 0.170. The van der Waals surface area contributed by atoms with Gasteiger partial charge in [0.05, 0.1) is 14.2 Å². The quantitative estimate of drug-likeness (QED) is 0.774. The van der Waals surface area contributed by atoms with Crippen molar-refractivity contribution in [3.8, 4) is 45.6 Å². The maximum absolute atomic E-state index is 5.94. The van der Waals surface area contributed by atoms with Crippen molar-refractivity contribution in [1.29, 1.82) is 0 Å². The molecular weight excluding hydrogens is 360 g/mol. The molecular formula is C22H24O6. The molecule has 148 valence electrons. The van der Waals surface area contributed by atoms with E-state index in [2.05, 4.69) is 26.0 Å². The van der Waals surface area contributed by atoms with E-state index in [9.17, 15) is 0 Å². The van der Waals surface area contributed by atoms with Crippen LogP contribution in [0.2, 0.25) is 0 Å². The molecule has 0 bridgehead atoms. The minimum Gasteiger partial charge on any atom is -0.493 e. The van der Waals surface area contributed by atoms with E-state index in [1.165, 1.54) is 11.1 Å². The topological polar surface area (TPSA) is 55.4 Å². The molecule has 0 radical (unpaired) electrons. The molecule has 0 fully saturated rings. The van der Waals surface area contributed by atoms with Crippen LogP contribution in [0.5, 0.6) is 34.5 Å². The van der Waals surface area contributed by atoms with Gasteiger partial charge in [0.25, 0.3) is 0 Å². The number of ether oxygens (including phenoxy) is 6. The van der Waals surface area contributed by atoms with Gasteiger partial charge in [-0.05, 0) is 47.9 Å². The summed E-state index contributed by atoms with van der Waals surface area (Å²) in [6.45, 7) is 4.94. The van der Waals surface area contributed by atoms with E-state index >= 15 is 0 Å². The molecule has 2 unspecified atom stereocenters. The first kappa shape index (κ1) is 17.3. The lowest BCUT2D eigenvalue weighted by Gasteiger charge is -2.28. The molecule has 0 amide bonds. The molecule has 0 aromatic heterocycles. The van der Waals surface area contributed by atoms with Gasteiger partial charge in [-0.3, -0.25) is 0 Å². The summed E-state index contributed by atoms with van der Waals surface area (Å²) in [6.07, 6.45) is 1.84. The highest BCUT2D eigenvalue weighted by Gasteiger charge is 2.36. The van der Waals surface area contributed by atoms with Crippen LogP contribution in [0.15, 0.2) is 12.1 Å². The highest BCUT2D eigenvalue weighted by atomic mass is 16.7. The first-order valence-corrected chi connectivity index (χ1v) is 9.61. The molecule has 0 saturated heterocycles. The Bertz CT molecular complexity index is 874. The van der Waals surface area contributed by atoms with E-state index in [-0.39, 0.29) is 13.6 Å². The number of methoxy groups -OCH3 is 2. The first-order valence-electron chi connectivity index (χ1n) is 9.61. The standard InChI is InChI=1S/C22H24O6/c1-11-5-13-7-15(23-3)19-21(27-9-25-19)17(13)18-14(6-12(11)2)8-16(24-4)20-22(18)28-10-26-20/h7-8,11-12H,5-6,9-10H2,1-4H3. The van der Waals surface area contributed by atoms with Crippen molar-refractivity contribution in [2.45, 2.75) is 26.7 Å². The zero-order valence-electron chi connectivity index (χ0n) is 16.6. The minimum absolute atomic E-state index is 0.180. The van der Waals surface area contributed by atoms with Crippen LogP contribution in [-0.4, -0.2) is 27.8 Å². The summed E-state index contributed by atoms with van der Waals surface area (Å²) in [6, 6.07) is 4.15. The van der Waals surface area contributed by atoms with Crippen molar-refractivity contribution < 1.29 is 28.4 Å². The molecule has 0 N–H and O–H groups in total. The summed E-state index contributed by atoms with van der Waals surface area (Å²) in [5.74, 6) is 5.14. The normalized spacial score (nSPS) is 21.4. The summed E-state index contributed by atoms with van der Waals surface area (Å²) in [5, 5.41) is 0. The molecule has 3 aliphatic rings. The maximum atomic E-state index is 5.94. The van der Waals surface area contributed by atoms with Crippen molar-refractivity contribution in [1.82, 2.24) is 0 Å². The van der Waals surface area contributed by atoms with Gasteiger partial charge in [0, 0.05) is 11.1 Å². The van der Waals surface area contributed by atoms with Crippen molar-refractivity contribution in [3.05, 3.63) is 23.3 Å². The van der Waals surface area contributed by atoms with E-state index in [0.717, 1.165) is 35.5 Å². The average Bonchev–Trinajstić information content (AvgIpc) is 3.36. The largest absolute Gasteiger partial charge is 0.493 e. The molecule has 28 heavy (non-hydrogen) atoms. The molecule has 2 heterocycles. The van der Waals surface area contributed by atoms with Crippen LogP contribution >= 0.6 is 0 Å². The number of fused-ring (bicyclic) bond motifs is 7. The predicted molar refractivity (Wildman–Crippen MR) is 103 cm³/mol. The number of benzene rings is 2. The van der Waals surface area contributed by atoms with Crippen LogP contribution in [0.25, 0.3) is 11.1 Å². The van der Waals surface area contributed by atoms with E-state index in [4.69, 9.17) is 28.4 Å². The molecule has 0 saturated carbocycles. The van der Waals surface area contributed by atoms with Crippen molar-refractivity contribution >= 4 is 0 Å². The summed E-state index contributed by atoms with van der Waals surface area (Å²) in [4.78, 5) is 0. The van der Waals surface area contributed by atoms with E-state index < -0.39 is 0 Å². The van der Waals surface area contributed by atoms with Gasteiger partial charge in [0.2, 0.25) is 25.1 Å². The van der Waals surface area contributed by atoms with E-state index in [1.807, 2.05) is 0 Å². The zero-order chi connectivity index (χ0) is 19.4. The summed E-state index contributed by atoms with van der Waals surface area (Å²) < 4.78 is 34.6. The van der Waals surface area contributed by atoms with Crippen LogP contribution in [0.1, 0.15) is 25.0 Å². The molecule has 2 atom stereocenters. The molecule has 2 aromatic rings. The Morgan fingerprint density at radius 3 is 1.46 bits per heavy atom. The minimum atomic E-state index is 0.180. The highest BCUT2D eigenvalue weighted by molar-refractivity contribution is 5.89. The molecule has 1 aliphatic carbocycles. The fourth-order valence-corrected chi connectivity index (χ4v) is 4.45. The zero-order valence-corrected chi connectivity index (χ0v) is 16.6. The smallest absolute Gasteiger partial charge is 0.231 e. The Labute approximate surface area is 164 Å². The second kappa shape index (κ2) is 6.40. The van der Waals surface area contributed by atoms with Gasteiger partial charge in [-0.15, -0.1) is 0 Å². The predicted octanol–water partition coefficient (Wildman–Crippen LogP) is 4.20. The molecule has 5 rings (SSSR count). The van der Waals surface area contributed by atoms with Crippen LogP contribution in [-0.2, 0) is 12.8 Å². The third-order valence-corrected chi connectivity index (χ3v) is 6.13. The van der Waals surface area contributed by atoms with Gasteiger partial charge in [0.1, 0.15) is 0 Å². The summed E-state index contributed by atoms with van der Waals surface area (Å²) >= 11 is 0. The number of rotatable bonds is 2. The van der Waals surface area contributed by atoms with Crippen molar-refractivity contribution in [2.24, 2.45) is 11.8 Å². The second-order valence-electron chi connectivity index (χ2n) is 7.72. The van der Waals surface area contributed by atoms with E-state index in [0.29, 0.717) is 34.8 Å². The lowest BCUT2D eigenvalue weighted by atomic mass is 9.77. The molecule has 2 aromatic carbocycles. The second-order valence-corrected chi connectivity index (χ2v) is 7.72. The maximum Gasteiger partial charge on any atom is 0.231 e. The van der Waals surface area contributed by atoms with Crippen LogP contribution in [0.4, 0.5) is 0 Å². The number of hydrogen-bond donors (Lipinski definition) is 0. The third kappa shape index (κ3) is 2.40. The van der Waals surface area contributed by atoms with Crippen LogP contribution in [0.3, 0.4) is 0 Å². The fourth-order valence-electron chi connectivity index (χ4n) is 4.45. The van der Waals surface area contributed by atoms with Gasteiger partial charge >= 0.3 is 0 Å². The third-order valence-electron chi connectivity index (χ3n) is 6.13. The Kier molecular flexibility index (Phi) is 3.96. The van der Waals surface area contributed by atoms with Gasteiger partial charge < -0.3 is 28.4 Å². The Balaban J connectivity index is 1.86. The highest BCUT2D eigenvalue weighted by Crippen LogP contribution is 2.57.